The lowest BCUT2D eigenvalue weighted by molar-refractivity contribution is -0.146. The van der Waals surface area contributed by atoms with Crippen LogP contribution >= 0.6 is 0 Å². The topological polar surface area (TPSA) is 26.3 Å². The van der Waals surface area contributed by atoms with Gasteiger partial charge in [0.25, 0.3) is 0 Å². The Morgan fingerprint density at radius 2 is 1.93 bits per heavy atom. The number of rotatable bonds is 5. The largest absolute Gasteiger partial charge is 0.465 e. The molecule has 0 aromatic rings. The molecular formula is C13H24O2. The van der Waals surface area contributed by atoms with Gasteiger partial charge in [-0.05, 0) is 26.2 Å². The summed E-state index contributed by atoms with van der Waals surface area (Å²) in [7, 11) is 0. The summed E-state index contributed by atoms with van der Waals surface area (Å²) in [5, 5.41) is 0. The van der Waals surface area contributed by atoms with Crippen molar-refractivity contribution < 1.29 is 9.53 Å². The molecule has 88 valence electrons. The van der Waals surface area contributed by atoms with Gasteiger partial charge < -0.3 is 4.74 Å². The van der Waals surface area contributed by atoms with Crippen molar-refractivity contribution in [2.75, 3.05) is 6.61 Å². The maximum atomic E-state index is 11.8. The maximum absolute atomic E-state index is 11.8. The lowest BCUT2D eigenvalue weighted by Crippen LogP contribution is -2.40. The fraction of sp³-hybridized carbons (Fsp3) is 0.923. The molecule has 0 aromatic heterocycles. The number of hydrogen-bond donors (Lipinski definition) is 0. The monoisotopic (exact) mass is 212 g/mol. The Kier molecular flexibility index (Phi) is 3.80. The van der Waals surface area contributed by atoms with E-state index >= 15 is 0 Å². The second-order valence-corrected chi connectivity index (χ2v) is 5.00. The number of cyclic esters (lactones) is 1. The third kappa shape index (κ3) is 1.79. The first-order chi connectivity index (χ1) is 7.06. The van der Waals surface area contributed by atoms with E-state index in [0.29, 0.717) is 6.61 Å². The normalized spacial score (nSPS) is 35.6. The van der Waals surface area contributed by atoms with Crippen LogP contribution in [-0.2, 0) is 9.53 Å². The quantitative estimate of drug-likeness (QED) is 0.651. The second-order valence-electron chi connectivity index (χ2n) is 5.00. The van der Waals surface area contributed by atoms with Crippen LogP contribution in [0.15, 0.2) is 0 Å². The van der Waals surface area contributed by atoms with E-state index in [1.54, 1.807) is 0 Å². The van der Waals surface area contributed by atoms with Gasteiger partial charge in [0.1, 0.15) is 0 Å². The highest BCUT2D eigenvalue weighted by Crippen LogP contribution is 2.53. The summed E-state index contributed by atoms with van der Waals surface area (Å²) in [6, 6.07) is 0. The number of hydrogen-bond acceptors (Lipinski definition) is 2. The molecule has 2 atom stereocenters. The van der Waals surface area contributed by atoms with Crippen molar-refractivity contribution in [2.45, 2.75) is 59.8 Å². The van der Waals surface area contributed by atoms with Crippen molar-refractivity contribution in [3.05, 3.63) is 0 Å². The van der Waals surface area contributed by atoms with Crippen molar-refractivity contribution in [1.29, 1.82) is 0 Å². The molecule has 0 saturated carbocycles. The van der Waals surface area contributed by atoms with E-state index in [1.807, 2.05) is 0 Å². The van der Waals surface area contributed by atoms with E-state index in [1.165, 1.54) is 12.8 Å². The van der Waals surface area contributed by atoms with Gasteiger partial charge in [-0.25, -0.2) is 0 Å². The van der Waals surface area contributed by atoms with Gasteiger partial charge in [-0.15, -0.1) is 0 Å². The van der Waals surface area contributed by atoms with E-state index in [2.05, 4.69) is 27.7 Å². The van der Waals surface area contributed by atoms with Crippen LogP contribution in [0, 0.1) is 10.8 Å². The average molecular weight is 212 g/mol. The van der Waals surface area contributed by atoms with Crippen molar-refractivity contribution >= 4 is 5.97 Å². The minimum Gasteiger partial charge on any atom is -0.465 e. The van der Waals surface area contributed by atoms with Crippen LogP contribution in [0.5, 0.6) is 0 Å². The number of esters is 1. The summed E-state index contributed by atoms with van der Waals surface area (Å²) in [6.45, 7) is 9.20. The van der Waals surface area contributed by atoms with Gasteiger partial charge in [-0.3, -0.25) is 4.79 Å². The molecule has 15 heavy (non-hydrogen) atoms. The molecule has 0 radical (unpaired) electrons. The molecule has 0 spiro atoms. The molecule has 2 unspecified atom stereocenters. The van der Waals surface area contributed by atoms with Crippen molar-refractivity contribution in [3.8, 4) is 0 Å². The molecule has 1 saturated heterocycles. The molecule has 1 aliphatic rings. The molecule has 2 nitrogen and oxygen atoms in total. The van der Waals surface area contributed by atoms with Crippen molar-refractivity contribution in [3.63, 3.8) is 0 Å². The predicted octanol–water partition coefficient (Wildman–Crippen LogP) is 3.55. The number of carbonyl (C=O) groups excluding carboxylic acids is 1. The van der Waals surface area contributed by atoms with Gasteiger partial charge in [0.05, 0.1) is 12.0 Å². The minimum absolute atomic E-state index is 0.0166. The fourth-order valence-corrected chi connectivity index (χ4v) is 2.79. The highest BCUT2D eigenvalue weighted by Gasteiger charge is 2.56. The van der Waals surface area contributed by atoms with Gasteiger partial charge in [-0.2, -0.15) is 0 Å². The van der Waals surface area contributed by atoms with Gasteiger partial charge in [0.15, 0.2) is 0 Å². The molecule has 0 aliphatic carbocycles. The van der Waals surface area contributed by atoms with E-state index in [9.17, 15) is 4.79 Å². The zero-order valence-corrected chi connectivity index (χ0v) is 10.6. The third-order valence-electron chi connectivity index (χ3n) is 4.49. The Hall–Kier alpha value is -0.530. The lowest BCUT2D eigenvalue weighted by Gasteiger charge is -2.38. The maximum Gasteiger partial charge on any atom is 0.312 e. The number of ether oxygens (including phenoxy) is 1. The van der Waals surface area contributed by atoms with E-state index < -0.39 is 0 Å². The van der Waals surface area contributed by atoms with Crippen LogP contribution in [0.4, 0.5) is 0 Å². The predicted molar refractivity (Wildman–Crippen MR) is 61.6 cm³/mol. The summed E-state index contributed by atoms with van der Waals surface area (Å²) in [5.41, 5.74) is -0.161. The first-order valence-corrected chi connectivity index (χ1v) is 6.23. The van der Waals surface area contributed by atoms with Gasteiger partial charge in [0.2, 0.25) is 0 Å². The second kappa shape index (κ2) is 4.54. The van der Waals surface area contributed by atoms with E-state index in [0.717, 1.165) is 19.3 Å². The van der Waals surface area contributed by atoms with Crippen molar-refractivity contribution in [2.24, 2.45) is 10.8 Å². The lowest BCUT2D eigenvalue weighted by atomic mass is 9.61. The van der Waals surface area contributed by atoms with Gasteiger partial charge >= 0.3 is 5.97 Å². The summed E-state index contributed by atoms with van der Waals surface area (Å²) in [4.78, 5) is 11.8. The Bertz CT molecular complexity index is 237. The molecule has 1 aliphatic heterocycles. The average Bonchev–Trinajstić information content (AvgIpc) is 2.52. The van der Waals surface area contributed by atoms with E-state index in [-0.39, 0.29) is 16.8 Å². The Morgan fingerprint density at radius 1 is 1.27 bits per heavy atom. The molecule has 1 rings (SSSR count). The number of carbonyl (C=O) groups is 1. The molecule has 1 heterocycles. The highest BCUT2D eigenvalue weighted by molar-refractivity contribution is 5.79. The minimum atomic E-state index is -0.253. The molecule has 0 aromatic carbocycles. The summed E-state index contributed by atoms with van der Waals surface area (Å²) < 4.78 is 5.32. The Labute approximate surface area is 93.4 Å². The standard InChI is InChI=1S/C13H24O2/c1-5-8-9-13(7-3)10-15-11(14)12(13,4)6-2/h5-10H2,1-4H3. The Morgan fingerprint density at radius 3 is 2.40 bits per heavy atom. The van der Waals surface area contributed by atoms with Gasteiger partial charge in [-0.1, -0.05) is 33.6 Å². The highest BCUT2D eigenvalue weighted by atomic mass is 16.5. The molecule has 1 fully saturated rings. The van der Waals surface area contributed by atoms with E-state index in [4.69, 9.17) is 4.74 Å². The SMILES string of the molecule is CCCCC1(CC)COC(=O)C1(C)CC. The van der Waals surface area contributed by atoms with Crippen LogP contribution in [0.1, 0.15) is 59.8 Å². The third-order valence-corrected chi connectivity index (χ3v) is 4.49. The van der Waals surface area contributed by atoms with Crippen LogP contribution in [0.25, 0.3) is 0 Å². The van der Waals surface area contributed by atoms with Crippen LogP contribution in [-0.4, -0.2) is 12.6 Å². The van der Waals surface area contributed by atoms with Gasteiger partial charge in [0, 0.05) is 5.41 Å². The first-order valence-electron chi connectivity index (χ1n) is 6.23. The summed E-state index contributed by atoms with van der Waals surface area (Å²) in [6.07, 6.45) is 5.44. The molecule has 0 amide bonds. The zero-order chi connectivity index (χ0) is 11.5. The summed E-state index contributed by atoms with van der Waals surface area (Å²) >= 11 is 0. The smallest absolute Gasteiger partial charge is 0.312 e. The first kappa shape index (κ1) is 12.5. The molecule has 0 N–H and O–H groups in total. The number of unbranched alkanes of at least 4 members (excludes halogenated alkanes) is 1. The molecular weight excluding hydrogens is 188 g/mol. The zero-order valence-electron chi connectivity index (χ0n) is 10.6. The molecule has 0 bridgehead atoms. The van der Waals surface area contributed by atoms with Crippen LogP contribution < -0.4 is 0 Å². The summed E-state index contributed by atoms with van der Waals surface area (Å²) in [5.74, 6) is 0.0166. The van der Waals surface area contributed by atoms with Crippen LogP contribution in [0.3, 0.4) is 0 Å². The Balaban J connectivity index is 2.92. The van der Waals surface area contributed by atoms with Crippen molar-refractivity contribution in [1.82, 2.24) is 0 Å². The fourth-order valence-electron chi connectivity index (χ4n) is 2.79. The van der Waals surface area contributed by atoms with Crippen LogP contribution in [0.2, 0.25) is 0 Å². The molecule has 2 heteroatoms.